The van der Waals surface area contributed by atoms with Gasteiger partial charge in [-0.25, -0.2) is 5.43 Å². The third-order valence-electron chi connectivity index (χ3n) is 3.77. The van der Waals surface area contributed by atoms with Crippen molar-refractivity contribution < 1.29 is 14.3 Å². The van der Waals surface area contributed by atoms with Crippen molar-refractivity contribution in [2.75, 3.05) is 5.32 Å². The van der Waals surface area contributed by atoms with Crippen LogP contribution in [0.5, 0.6) is 5.75 Å². The van der Waals surface area contributed by atoms with Crippen molar-refractivity contribution in [1.29, 1.82) is 0 Å². The number of hydrogen-bond donors (Lipinski definition) is 2. The van der Waals surface area contributed by atoms with Gasteiger partial charge in [0.05, 0.1) is 6.21 Å². The SMILES string of the molecule is O=C(N/N=C/c1cccc(OCc2ccccc2)c1)C(=O)Nc1cccc(Cl)c1. The third kappa shape index (κ3) is 6.48. The van der Waals surface area contributed by atoms with Gasteiger partial charge in [0.2, 0.25) is 0 Å². The van der Waals surface area contributed by atoms with Crippen LogP contribution in [0.15, 0.2) is 84.0 Å². The Kier molecular flexibility index (Phi) is 6.97. The summed E-state index contributed by atoms with van der Waals surface area (Å²) < 4.78 is 5.75. The average Bonchev–Trinajstić information content (AvgIpc) is 2.73. The molecule has 3 rings (SSSR count). The normalized spacial score (nSPS) is 10.5. The largest absolute Gasteiger partial charge is 0.489 e. The number of halogens is 1. The lowest BCUT2D eigenvalue weighted by Crippen LogP contribution is -2.32. The van der Waals surface area contributed by atoms with Crippen LogP contribution in [0.4, 0.5) is 5.69 Å². The van der Waals surface area contributed by atoms with E-state index in [2.05, 4.69) is 15.8 Å². The number of hydrogen-bond acceptors (Lipinski definition) is 4. The maximum absolute atomic E-state index is 11.9. The molecule has 7 heteroatoms. The van der Waals surface area contributed by atoms with Crippen molar-refractivity contribution in [2.24, 2.45) is 5.10 Å². The number of carbonyl (C=O) groups is 2. The van der Waals surface area contributed by atoms with Gasteiger partial charge in [0.15, 0.2) is 0 Å². The summed E-state index contributed by atoms with van der Waals surface area (Å²) in [6, 6.07) is 23.5. The molecule has 3 aromatic rings. The molecule has 0 aliphatic carbocycles. The summed E-state index contributed by atoms with van der Waals surface area (Å²) in [6.45, 7) is 0.446. The van der Waals surface area contributed by atoms with Crippen LogP contribution < -0.4 is 15.5 Å². The van der Waals surface area contributed by atoms with Crippen LogP contribution in [-0.4, -0.2) is 18.0 Å². The zero-order valence-electron chi connectivity index (χ0n) is 15.3. The monoisotopic (exact) mass is 407 g/mol. The Balaban J connectivity index is 1.51. The number of carbonyl (C=O) groups excluding carboxylic acids is 2. The van der Waals surface area contributed by atoms with Crippen molar-refractivity contribution in [3.05, 3.63) is 95.0 Å². The highest BCUT2D eigenvalue weighted by molar-refractivity contribution is 6.39. The second kappa shape index (κ2) is 10.1. The quantitative estimate of drug-likeness (QED) is 0.368. The first kappa shape index (κ1) is 20.1. The van der Waals surface area contributed by atoms with Gasteiger partial charge in [-0.2, -0.15) is 5.10 Å². The fourth-order valence-corrected chi connectivity index (χ4v) is 2.59. The molecule has 0 atom stereocenters. The molecule has 0 fully saturated rings. The van der Waals surface area contributed by atoms with Crippen molar-refractivity contribution in [2.45, 2.75) is 6.61 Å². The predicted molar refractivity (Wildman–Crippen MR) is 113 cm³/mol. The first-order valence-corrected chi connectivity index (χ1v) is 9.15. The number of rotatable bonds is 6. The molecule has 0 aliphatic rings. The van der Waals surface area contributed by atoms with Crippen molar-refractivity contribution >= 4 is 35.3 Å². The summed E-state index contributed by atoms with van der Waals surface area (Å²) in [6.07, 6.45) is 1.43. The number of anilines is 1. The van der Waals surface area contributed by atoms with E-state index in [0.717, 1.165) is 5.56 Å². The summed E-state index contributed by atoms with van der Waals surface area (Å²) >= 11 is 5.84. The number of nitrogens with zero attached hydrogens (tertiary/aromatic N) is 1. The van der Waals surface area contributed by atoms with E-state index in [4.69, 9.17) is 16.3 Å². The van der Waals surface area contributed by atoms with E-state index in [1.807, 2.05) is 42.5 Å². The topological polar surface area (TPSA) is 79.8 Å². The molecule has 2 amide bonds. The zero-order chi connectivity index (χ0) is 20.5. The fraction of sp³-hybridized carbons (Fsp3) is 0.0455. The number of hydrazone groups is 1. The number of nitrogens with one attached hydrogen (secondary N) is 2. The molecule has 0 unspecified atom stereocenters. The van der Waals surface area contributed by atoms with Crippen LogP contribution in [0.3, 0.4) is 0 Å². The molecule has 0 aromatic heterocycles. The highest BCUT2D eigenvalue weighted by atomic mass is 35.5. The molecule has 0 bridgehead atoms. The summed E-state index contributed by atoms with van der Waals surface area (Å²) in [4.78, 5) is 23.7. The van der Waals surface area contributed by atoms with Gasteiger partial charge in [-0.1, -0.05) is 60.1 Å². The molecule has 0 radical (unpaired) electrons. The molecule has 146 valence electrons. The Bertz CT molecular complexity index is 1020. The molecule has 2 N–H and O–H groups in total. The van der Waals surface area contributed by atoms with E-state index in [-0.39, 0.29) is 0 Å². The van der Waals surface area contributed by atoms with Crippen LogP contribution >= 0.6 is 11.6 Å². The Morgan fingerprint density at radius 2 is 1.72 bits per heavy atom. The number of amides is 2. The molecule has 6 nitrogen and oxygen atoms in total. The first-order chi connectivity index (χ1) is 14.1. The van der Waals surface area contributed by atoms with Crippen molar-refractivity contribution in [3.8, 4) is 5.75 Å². The number of ether oxygens (including phenoxy) is 1. The van der Waals surface area contributed by atoms with Gasteiger partial charge >= 0.3 is 11.8 Å². The summed E-state index contributed by atoms with van der Waals surface area (Å²) in [5.74, 6) is -1.06. The fourth-order valence-electron chi connectivity index (χ4n) is 2.40. The van der Waals surface area contributed by atoms with Gasteiger partial charge in [-0.3, -0.25) is 9.59 Å². The van der Waals surface area contributed by atoms with E-state index in [1.165, 1.54) is 12.3 Å². The van der Waals surface area contributed by atoms with Gasteiger partial charge in [0, 0.05) is 10.7 Å². The smallest absolute Gasteiger partial charge is 0.329 e. The Hall–Kier alpha value is -3.64. The lowest BCUT2D eigenvalue weighted by Gasteiger charge is -2.07. The second-order valence-corrected chi connectivity index (χ2v) is 6.45. The minimum atomic E-state index is -0.891. The molecule has 0 spiro atoms. The highest BCUT2D eigenvalue weighted by Crippen LogP contribution is 2.15. The number of benzene rings is 3. The van der Waals surface area contributed by atoms with Gasteiger partial charge in [0.1, 0.15) is 12.4 Å². The molecular formula is C22H18ClN3O3. The highest BCUT2D eigenvalue weighted by Gasteiger charge is 2.12. The van der Waals surface area contributed by atoms with Gasteiger partial charge in [0.25, 0.3) is 0 Å². The predicted octanol–water partition coefficient (Wildman–Crippen LogP) is 4.01. The Labute approximate surface area is 173 Å². The molecule has 3 aromatic carbocycles. The zero-order valence-corrected chi connectivity index (χ0v) is 16.1. The summed E-state index contributed by atoms with van der Waals surface area (Å²) in [5, 5.41) is 6.71. The van der Waals surface area contributed by atoms with Crippen LogP contribution in [0.2, 0.25) is 5.02 Å². The lowest BCUT2D eigenvalue weighted by molar-refractivity contribution is -0.136. The second-order valence-electron chi connectivity index (χ2n) is 6.01. The Morgan fingerprint density at radius 3 is 2.52 bits per heavy atom. The summed E-state index contributed by atoms with van der Waals surface area (Å²) in [5.41, 5.74) is 4.38. The molecular weight excluding hydrogens is 390 g/mol. The Morgan fingerprint density at radius 1 is 0.931 bits per heavy atom. The lowest BCUT2D eigenvalue weighted by atomic mass is 10.2. The van der Waals surface area contributed by atoms with Gasteiger partial charge < -0.3 is 10.1 Å². The van der Waals surface area contributed by atoms with E-state index in [0.29, 0.717) is 28.6 Å². The van der Waals surface area contributed by atoms with Gasteiger partial charge in [-0.15, -0.1) is 0 Å². The minimum Gasteiger partial charge on any atom is -0.489 e. The minimum absolute atomic E-state index is 0.421. The first-order valence-electron chi connectivity index (χ1n) is 8.77. The van der Waals surface area contributed by atoms with Crippen LogP contribution in [0.1, 0.15) is 11.1 Å². The third-order valence-corrected chi connectivity index (χ3v) is 4.01. The van der Waals surface area contributed by atoms with Gasteiger partial charge in [-0.05, 0) is 41.5 Å². The summed E-state index contributed by atoms with van der Waals surface area (Å²) in [7, 11) is 0. The molecule has 29 heavy (non-hydrogen) atoms. The van der Waals surface area contributed by atoms with E-state index < -0.39 is 11.8 Å². The molecule has 0 saturated carbocycles. The standard InChI is InChI=1S/C22H18ClN3O3/c23-18-9-5-10-19(13-18)25-21(27)22(28)26-24-14-17-8-4-11-20(12-17)29-15-16-6-2-1-3-7-16/h1-14H,15H2,(H,25,27)(H,26,28)/b24-14+. The van der Waals surface area contributed by atoms with E-state index >= 15 is 0 Å². The van der Waals surface area contributed by atoms with E-state index in [1.54, 1.807) is 30.3 Å². The average molecular weight is 408 g/mol. The van der Waals surface area contributed by atoms with Crippen LogP contribution in [0.25, 0.3) is 0 Å². The molecule has 0 saturated heterocycles. The molecule has 0 heterocycles. The van der Waals surface area contributed by atoms with Crippen molar-refractivity contribution in [3.63, 3.8) is 0 Å². The maximum Gasteiger partial charge on any atom is 0.329 e. The maximum atomic E-state index is 11.9. The molecule has 0 aliphatic heterocycles. The van der Waals surface area contributed by atoms with E-state index in [9.17, 15) is 9.59 Å². The van der Waals surface area contributed by atoms with Crippen LogP contribution in [0, 0.1) is 0 Å². The van der Waals surface area contributed by atoms with Crippen molar-refractivity contribution in [1.82, 2.24) is 5.43 Å². The van der Waals surface area contributed by atoms with Crippen LogP contribution in [-0.2, 0) is 16.2 Å².